The second-order valence-corrected chi connectivity index (χ2v) is 5.00. The van der Waals surface area contributed by atoms with Crippen LogP contribution < -0.4 is 5.32 Å². The van der Waals surface area contributed by atoms with Gasteiger partial charge >= 0.3 is 0 Å². The lowest BCUT2D eigenvalue weighted by molar-refractivity contribution is 0.225. The minimum atomic E-state index is -0.195. The van der Waals surface area contributed by atoms with Gasteiger partial charge < -0.3 is 5.11 Å². The van der Waals surface area contributed by atoms with Crippen molar-refractivity contribution in [1.29, 1.82) is 0 Å². The molecule has 0 aromatic heterocycles. The van der Waals surface area contributed by atoms with E-state index >= 15 is 0 Å². The molecule has 0 unspecified atom stereocenters. The Labute approximate surface area is 102 Å². The first-order valence-corrected chi connectivity index (χ1v) is 5.98. The highest BCUT2D eigenvalue weighted by Gasteiger charge is 2.50. The van der Waals surface area contributed by atoms with E-state index in [1.807, 2.05) is 30.3 Å². The SMILES string of the molecule is [C-]#[N+][C@@H](N[C@@H](CO)c1ccccc1)C1(C)CC1. The van der Waals surface area contributed by atoms with Crippen molar-refractivity contribution in [3.63, 3.8) is 0 Å². The van der Waals surface area contributed by atoms with Crippen molar-refractivity contribution in [1.82, 2.24) is 5.32 Å². The van der Waals surface area contributed by atoms with Crippen molar-refractivity contribution < 1.29 is 5.11 Å². The average molecular weight is 230 g/mol. The predicted molar refractivity (Wildman–Crippen MR) is 67.1 cm³/mol. The van der Waals surface area contributed by atoms with Gasteiger partial charge in [0.2, 0.25) is 0 Å². The van der Waals surface area contributed by atoms with Gasteiger partial charge in [0.15, 0.2) is 0 Å². The summed E-state index contributed by atoms with van der Waals surface area (Å²) in [5.74, 6) is 0. The smallest absolute Gasteiger partial charge is 0.283 e. The van der Waals surface area contributed by atoms with E-state index in [0.29, 0.717) is 0 Å². The molecular formula is C14H18N2O. The number of aliphatic hydroxyl groups is 1. The maximum Gasteiger partial charge on any atom is 0.283 e. The van der Waals surface area contributed by atoms with E-state index in [4.69, 9.17) is 6.57 Å². The van der Waals surface area contributed by atoms with Crippen LogP contribution in [-0.4, -0.2) is 17.9 Å². The molecule has 0 saturated heterocycles. The first kappa shape index (κ1) is 12.1. The van der Waals surface area contributed by atoms with Gasteiger partial charge in [-0.2, -0.15) is 0 Å². The highest BCUT2D eigenvalue weighted by molar-refractivity contribution is 5.20. The predicted octanol–water partition coefficient (Wildman–Crippen LogP) is 2.36. The maximum atomic E-state index is 9.44. The molecule has 1 fully saturated rings. The van der Waals surface area contributed by atoms with Crippen LogP contribution in [0.2, 0.25) is 0 Å². The minimum absolute atomic E-state index is 0.0200. The lowest BCUT2D eigenvalue weighted by Crippen LogP contribution is -2.37. The highest BCUT2D eigenvalue weighted by Crippen LogP contribution is 2.49. The van der Waals surface area contributed by atoms with E-state index in [0.717, 1.165) is 18.4 Å². The number of benzene rings is 1. The largest absolute Gasteiger partial charge is 0.394 e. The van der Waals surface area contributed by atoms with Gasteiger partial charge in [-0.15, -0.1) is 0 Å². The van der Waals surface area contributed by atoms with Crippen molar-refractivity contribution in [3.8, 4) is 0 Å². The number of nitrogens with one attached hydrogen (secondary N) is 1. The first-order chi connectivity index (χ1) is 8.19. The molecule has 3 heteroatoms. The van der Waals surface area contributed by atoms with Crippen LogP contribution in [0.3, 0.4) is 0 Å². The summed E-state index contributed by atoms with van der Waals surface area (Å²) in [5.41, 5.74) is 1.14. The van der Waals surface area contributed by atoms with Crippen molar-refractivity contribution in [2.45, 2.75) is 32.0 Å². The summed E-state index contributed by atoms with van der Waals surface area (Å²) in [6, 6.07) is 9.66. The van der Waals surface area contributed by atoms with Gasteiger partial charge in [-0.05, 0) is 18.4 Å². The fourth-order valence-corrected chi connectivity index (χ4v) is 2.00. The summed E-state index contributed by atoms with van der Waals surface area (Å²) in [6.45, 7) is 9.41. The van der Waals surface area contributed by atoms with Crippen molar-refractivity contribution >= 4 is 0 Å². The maximum absolute atomic E-state index is 9.44. The van der Waals surface area contributed by atoms with E-state index < -0.39 is 0 Å². The first-order valence-electron chi connectivity index (χ1n) is 5.98. The van der Waals surface area contributed by atoms with Gasteiger partial charge in [-0.1, -0.05) is 37.3 Å². The fraction of sp³-hybridized carbons (Fsp3) is 0.500. The van der Waals surface area contributed by atoms with Crippen LogP contribution in [-0.2, 0) is 0 Å². The van der Waals surface area contributed by atoms with Crippen LogP contribution in [0.1, 0.15) is 31.4 Å². The Morgan fingerprint density at radius 2 is 2.06 bits per heavy atom. The topological polar surface area (TPSA) is 36.6 Å². The third-order valence-electron chi connectivity index (χ3n) is 3.57. The normalized spacial score (nSPS) is 20.3. The molecule has 17 heavy (non-hydrogen) atoms. The Morgan fingerprint density at radius 1 is 1.41 bits per heavy atom. The molecule has 2 N–H and O–H groups in total. The van der Waals surface area contributed by atoms with Crippen LogP contribution in [0.15, 0.2) is 30.3 Å². The molecule has 0 bridgehead atoms. The number of nitrogens with zero attached hydrogens (tertiary/aromatic N) is 1. The van der Waals surface area contributed by atoms with Gasteiger partial charge in [0.05, 0.1) is 18.1 Å². The molecular weight excluding hydrogens is 212 g/mol. The van der Waals surface area contributed by atoms with Crippen molar-refractivity contribution in [3.05, 3.63) is 47.3 Å². The summed E-state index contributed by atoms with van der Waals surface area (Å²) in [5, 5.41) is 12.7. The summed E-state index contributed by atoms with van der Waals surface area (Å²) in [7, 11) is 0. The quantitative estimate of drug-likeness (QED) is 0.762. The van der Waals surface area contributed by atoms with Crippen LogP contribution >= 0.6 is 0 Å². The third kappa shape index (κ3) is 2.66. The molecule has 0 radical (unpaired) electrons. The van der Waals surface area contributed by atoms with E-state index in [1.54, 1.807) is 0 Å². The van der Waals surface area contributed by atoms with Gasteiger partial charge in [-0.25, -0.2) is 11.9 Å². The van der Waals surface area contributed by atoms with E-state index in [1.165, 1.54) is 0 Å². The van der Waals surface area contributed by atoms with Gasteiger partial charge in [-0.3, -0.25) is 4.85 Å². The summed E-state index contributed by atoms with van der Waals surface area (Å²) < 4.78 is 0. The molecule has 1 aromatic rings. The number of hydrogen-bond donors (Lipinski definition) is 2. The second-order valence-electron chi connectivity index (χ2n) is 5.00. The molecule has 1 aliphatic rings. The fourth-order valence-electron chi connectivity index (χ4n) is 2.00. The highest BCUT2D eigenvalue weighted by atomic mass is 16.3. The molecule has 1 aliphatic carbocycles. The van der Waals surface area contributed by atoms with Gasteiger partial charge in [0.25, 0.3) is 6.17 Å². The lowest BCUT2D eigenvalue weighted by Gasteiger charge is -2.21. The molecule has 0 amide bonds. The molecule has 1 aromatic carbocycles. The summed E-state index contributed by atoms with van der Waals surface area (Å²) in [6.07, 6.45) is 2.00. The molecule has 2 rings (SSSR count). The van der Waals surface area contributed by atoms with Crippen molar-refractivity contribution in [2.75, 3.05) is 6.61 Å². The van der Waals surface area contributed by atoms with Crippen LogP contribution in [0, 0.1) is 12.0 Å². The average Bonchev–Trinajstić information content (AvgIpc) is 3.11. The lowest BCUT2D eigenvalue weighted by atomic mass is 10.0. The standard InChI is InChI=1S/C14H18N2O/c1-14(8-9-14)13(15-2)16-12(10-17)11-6-4-3-5-7-11/h3-7,12-13,16-17H,8-10H2,1H3/t12-,13-/m0/s1. The van der Waals surface area contributed by atoms with Crippen LogP contribution in [0.4, 0.5) is 0 Å². The zero-order valence-electron chi connectivity index (χ0n) is 10.1. The summed E-state index contributed by atoms with van der Waals surface area (Å²) in [4.78, 5) is 3.66. The van der Waals surface area contributed by atoms with E-state index in [-0.39, 0.29) is 24.2 Å². The Hall–Kier alpha value is -1.37. The molecule has 90 valence electrons. The second kappa shape index (κ2) is 4.87. The Balaban J connectivity index is 2.08. The Bertz CT molecular complexity index is 406. The van der Waals surface area contributed by atoms with Gasteiger partial charge in [0.1, 0.15) is 0 Å². The number of hydrogen-bond acceptors (Lipinski definition) is 2. The van der Waals surface area contributed by atoms with E-state index in [2.05, 4.69) is 17.1 Å². The molecule has 1 saturated carbocycles. The molecule has 0 spiro atoms. The minimum Gasteiger partial charge on any atom is -0.394 e. The summed E-state index contributed by atoms with van der Waals surface area (Å²) >= 11 is 0. The molecule has 3 nitrogen and oxygen atoms in total. The van der Waals surface area contributed by atoms with E-state index in [9.17, 15) is 5.11 Å². The van der Waals surface area contributed by atoms with Crippen molar-refractivity contribution in [2.24, 2.45) is 5.41 Å². The molecule has 0 heterocycles. The van der Waals surface area contributed by atoms with Crippen LogP contribution in [0.5, 0.6) is 0 Å². The number of aliphatic hydroxyl groups excluding tert-OH is 1. The molecule has 0 aliphatic heterocycles. The third-order valence-corrected chi connectivity index (χ3v) is 3.57. The monoisotopic (exact) mass is 230 g/mol. The zero-order valence-corrected chi connectivity index (χ0v) is 10.1. The Kier molecular flexibility index (Phi) is 3.46. The number of rotatable bonds is 5. The van der Waals surface area contributed by atoms with Crippen LogP contribution in [0.25, 0.3) is 4.85 Å². The van der Waals surface area contributed by atoms with Gasteiger partial charge in [0, 0.05) is 0 Å². The molecule has 2 atom stereocenters. The Morgan fingerprint density at radius 3 is 2.53 bits per heavy atom. The zero-order chi connectivity index (χ0) is 12.3.